The van der Waals surface area contributed by atoms with Gasteiger partial charge in [0, 0.05) is 12.1 Å². The molecule has 1 fully saturated rings. The number of aromatic nitrogens is 4. The number of amides is 1. The van der Waals surface area contributed by atoms with Crippen molar-refractivity contribution in [3.63, 3.8) is 0 Å². The Hall–Kier alpha value is -3.09. The van der Waals surface area contributed by atoms with Crippen molar-refractivity contribution in [1.29, 1.82) is 0 Å². The van der Waals surface area contributed by atoms with E-state index in [9.17, 15) is 9.18 Å². The lowest BCUT2D eigenvalue weighted by atomic mass is 10.2. The van der Waals surface area contributed by atoms with Crippen LogP contribution in [-0.4, -0.2) is 25.9 Å². The predicted octanol–water partition coefficient (Wildman–Crippen LogP) is 2.93. The first kappa shape index (κ1) is 14.5. The summed E-state index contributed by atoms with van der Waals surface area (Å²) in [6.45, 7) is 0. The van der Waals surface area contributed by atoms with Crippen molar-refractivity contribution >= 4 is 11.7 Å². The lowest BCUT2D eigenvalue weighted by Crippen LogP contribution is -2.16. The van der Waals surface area contributed by atoms with Crippen LogP contribution in [-0.2, 0) is 0 Å². The fourth-order valence-electron chi connectivity index (χ4n) is 2.58. The predicted molar refractivity (Wildman–Crippen MR) is 85.5 cm³/mol. The number of carbonyl (C=O) groups excluding carboxylic acids is 1. The molecule has 1 N–H and O–H groups in total. The molecule has 6 nitrogen and oxygen atoms in total. The Morgan fingerprint density at radius 3 is 2.79 bits per heavy atom. The molecule has 24 heavy (non-hydrogen) atoms. The Balaban J connectivity index is 1.70. The lowest BCUT2D eigenvalue weighted by Gasteiger charge is -2.07. The third-order valence-corrected chi connectivity index (χ3v) is 3.84. The van der Waals surface area contributed by atoms with Crippen molar-refractivity contribution in [3.05, 3.63) is 65.9 Å². The minimum Gasteiger partial charge on any atom is -0.305 e. The van der Waals surface area contributed by atoms with E-state index in [1.807, 2.05) is 0 Å². The van der Waals surface area contributed by atoms with Gasteiger partial charge in [0.2, 0.25) is 0 Å². The van der Waals surface area contributed by atoms with E-state index in [1.165, 1.54) is 12.1 Å². The normalized spacial score (nSPS) is 13.7. The van der Waals surface area contributed by atoms with E-state index in [4.69, 9.17) is 0 Å². The highest BCUT2D eigenvalue weighted by Gasteiger charge is 2.34. The molecular weight excluding hydrogens is 309 g/mol. The molecule has 1 aromatic carbocycles. The first-order chi connectivity index (χ1) is 11.7. The van der Waals surface area contributed by atoms with Crippen molar-refractivity contribution in [2.75, 3.05) is 5.32 Å². The molecule has 0 unspecified atom stereocenters. The van der Waals surface area contributed by atoms with E-state index in [2.05, 4.69) is 20.6 Å². The average Bonchev–Trinajstić information content (AvgIpc) is 3.33. The SMILES string of the molecule is O=C(Nc1ccccn1)c1nnn(-c2cccc(F)c2)c1C1CC1. The van der Waals surface area contributed by atoms with E-state index in [-0.39, 0.29) is 23.3 Å². The number of rotatable bonds is 4. The van der Waals surface area contributed by atoms with Crippen LogP contribution in [0.4, 0.5) is 10.2 Å². The summed E-state index contributed by atoms with van der Waals surface area (Å²) in [4.78, 5) is 16.6. The van der Waals surface area contributed by atoms with Crippen LogP contribution in [0.25, 0.3) is 5.69 Å². The van der Waals surface area contributed by atoms with E-state index >= 15 is 0 Å². The van der Waals surface area contributed by atoms with Crippen molar-refractivity contribution in [3.8, 4) is 5.69 Å². The zero-order chi connectivity index (χ0) is 16.5. The summed E-state index contributed by atoms with van der Waals surface area (Å²) in [5, 5.41) is 10.8. The number of hydrogen-bond acceptors (Lipinski definition) is 4. The van der Waals surface area contributed by atoms with Crippen molar-refractivity contribution in [1.82, 2.24) is 20.0 Å². The highest BCUT2D eigenvalue weighted by molar-refractivity contribution is 6.03. The maximum atomic E-state index is 13.5. The van der Waals surface area contributed by atoms with Gasteiger partial charge in [0.1, 0.15) is 11.6 Å². The largest absolute Gasteiger partial charge is 0.305 e. The van der Waals surface area contributed by atoms with Gasteiger partial charge in [-0.2, -0.15) is 0 Å². The number of halogens is 1. The van der Waals surface area contributed by atoms with Gasteiger partial charge in [-0.05, 0) is 43.2 Å². The fraction of sp³-hybridized carbons (Fsp3) is 0.176. The Bertz CT molecular complexity index is 889. The van der Waals surface area contributed by atoms with Crippen molar-refractivity contribution in [2.24, 2.45) is 0 Å². The third kappa shape index (κ3) is 2.76. The van der Waals surface area contributed by atoms with Crippen LogP contribution < -0.4 is 5.32 Å². The molecular formula is C17H14FN5O. The Labute approximate surface area is 137 Å². The van der Waals surface area contributed by atoms with Crippen LogP contribution in [0.5, 0.6) is 0 Å². The molecule has 1 aliphatic rings. The second-order valence-electron chi connectivity index (χ2n) is 5.66. The first-order valence-electron chi connectivity index (χ1n) is 7.66. The van der Waals surface area contributed by atoms with Gasteiger partial charge in [-0.15, -0.1) is 5.10 Å². The molecule has 1 saturated carbocycles. The van der Waals surface area contributed by atoms with Crippen molar-refractivity contribution < 1.29 is 9.18 Å². The summed E-state index contributed by atoms with van der Waals surface area (Å²) >= 11 is 0. The van der Waals surface area contributed by atoms with Crippen LogP contribution in [0.3, 0.4) is 0 Å². The smallest absolute Gasteiger partial charge is 0.279 e. The minimum atomic E-state index is -0.363. The Kier molecular flexibility index (Phi) is 3.53. The molecule has 4 rings (SSSR count). The van der Waals surface area contributed by atoms with Crippen LogP contribution in [0.2, 0.25) is 0 Å². The number of anilines is 1. The van der Waals surface area contributed by atoms with Crippen LogP contribution >= 0.6 is 0 Å². The van der Waals surface area contributed by atoms with Gasteiger partial charge in [0.25, 0.3) is 5.91 Å². The summed E-state index contributed by atoms with van der Waals surface area (Å²) < 4.78 is 15.1. The molecule has 0 aliphatic heterocycles. The zero-order valence-corrected chi connectivity index (χ0v) is 12.7. The molecule has 120 valence electrons. The van der Waals surface area contributed by atoms with Crippen LogP contribution in [0, 0.1) is 5.82 Å². The molecule has 0 bridgehead atoms. The summed E-state index contributed by atoms with van der Waals surface area (Å²) in [6.07, 6.45) is 3.53. The number of nitrogens with one attached hydrogen (secondary N) is 1. The van der Waals surface area contributed by atoms with E-state index in [1.54, 1.807) is 41.2 Å². The highest BCUT2D eigenvalue weighted by Crippen LogP contribution is 2.42. The fourth-order valence-corrected chi connectivity index (χ4v) is 2.58. The van der Waals surface area contributed by atoms with Crippen molar-refractivity contribution in [2.45, 2.75) is 18.8 Å². The topological polar surface area (TPSA) is 72.7 Å². The zero-order valence-electron chi connectivity index (χ0n) is 12.7. The van der Waals surface area contributed by atoms with Gasteiger partial charge < -0.3 is 5.32 Å². The first-order valence-corrected chi connectivity index (χ1v) is 7.66. The number of pyridine rings is 1. The van der Waals surface area contributed by atoms with Gasteiger partial charge in [0.15, 0.2) is 5.69 Å². The average molecular weight is 323 g/mol. The maximum absolute atomic E-state index is 13.5. The van der Waals surface area contributed by atoms with Crippen LogP contribution in [0.1, 0.15) is 34.9 Å². The quantitative estimate of drug-likeness (QED) is 0.801. The molecule has 2 aromatic heterocycles. The Morgan fingerprint density at radius 1 is 1.21 bits per heavy atom. The minimum absolute atomic E-state index is 0.216. The number of carbonyl (C=O) groups is 1. The third-order valence-electron chi connectivity index (χ3n) is 3.84. The summed E-state index contributed by atoms with van der Waals surface area (Å²) in [5.41, 5.74) is 1.53. The van der Waals surface area contributed by atoms with E-state index < -0.39 is 0 Å². The lowest BCUT2D eigenvalue weighted by molar-refractivity contribution is 0.102. The maximum Gasteiger partial charge on any atom is 0.279 e. The number of hydrogen-bond donors (Lipinski definition) is 1. The van der Waals surface area contributed by atoms with Gasteiger partial charge >= 0.3 is 0 Å². The summed E-state index contributed by atoms with van der Waals surface area (Å²) in [5.74, 6) is -0.0558. The molecule has 0 saturated heterocycles. The van der Waals surface area contributed by atoms with E-state index in [0.29, 0.717) is 17.2 Å². The second-order valence-corrected chi connectivity index (χ2v) is 5.66. The Morgan fingerprint density at radius 2 is 2.08 bits per heavy atom. The summed E-state index contributed by atoms with van der Waals surface area (Å²) in [6, 6.07) is 11.3. The number of nitrogens with zero attached hydrogens (tertiary/aromatic N) is 4. The van der Waals surface area contributed by atoms with E-state index in [0.717, 1.165) is 12.8 Å². The molecule has 0 radical (unpaired) electrons. The molecule has 2 heterocycles. The van der Waals surface area contributed by atoms with Gasteiger partial charge in [0.05, 0.1) is 11.4 Å². The van der Waals surface area contributed by atoms with Gasteiger partial charge in [-0.3, -0.25) is 4.79 Å². The molecule has 3 aromatic rings. The second kappa shape index (κ2) is 5.84. The summed E-state index contributed by atoms with van der Waals surface area (Å²) in [7, 11) is 0. The van der Waals surface area contributed by atoms with Gasteiger partial charge in [-0.1, -0.05) is 17.3 Å². The molecule has 0 atom stereocenters. The molecule has 1 amide bonds. The number of benzene rings is 1. The van der Waals surface area contributed by atoms with Crippen LogP contribution in [0.15, 0.2) is 48.7 Å². The molecule has 0 spiro atoms. The highest BCUT2D eigenvalue weighted by atomic mass is 19.1. The molecule has 1 aliphatic carbocycles. The standard InChI is InChI=1S/C17H14FN5O/c18-12-4-3-5-13(10-12)23-16(11-7-8-11)15(21-22-23)17(24)20-14-6-1-2-9-19-14/h1-6,9-11H,7-8H2,(H,19,20,24). The van der Waals surface area contributed by atoms with Gasteiger partial charge in [-0.25, -0.2) is 14.1 Å². The molecule has 7 heteroatoms. The monoisotopic (exact) mass is 323 g/mol.